The number of benzene rings is 2. The minimum absolute atomic E-state index is 0.0431. The van der Waals surface area contributed by atoms with Gasteiger partial charge in [-0.3, -0.25) is 4.79 Å². The monoisotopic (exact) mass is 366 g/mol. The maximum Gasteiger partial charge on any atom is 0.224 e. The number of ether oxygens (including phenoxy) is 1. The van der Waals surface area contributed by atoms with E-state index in [9.17, 15) is 4.79 Å². The van der Waals surface area contributed by atoms with Crippen LogP contribution in [0.15, 0.2) is 42.5 Å². The SMILES string of the molecule is CN(C)c1ccc(NC(=O)CCCOc2ccc(Cl)cc2Cl)cc1. The summed E-state index contributed by atoms with van der Waals surface area (Å²) in [5.74, 6) is 0.527. The van der Waals surface area contributed by atoms with Crippen LogP contribution in [0.25, 0.3) is 0 Å². The molecule has 0 spiro atoms. The maximum absolute atomic E-state index is 11.9. The summed E-state index contributed by atoms with van der Waals surface area (Å²) in [4.78, 5) is 13.9. The molecule has 0 saturated heterocycles. The second-order valence-electron chi connectivity index (χ2n) is 5.52. The first kappa shape index (κ1) is 18.4. The van der Waals surface area contributed by atoms with Crippen molar-refractivity contribution in [3.8, 4) is 5.75 Å². The summed E-state index contributed by atoms with van der Waals surface area (Å²) in [6.45, 7) is 0.411. The van der Waals surface area contributed by atoms with Gasteiger partial charge in [0.15, 0.2) is 0 Å². The summed E-state index contributed by atoms with van der Waals surface area (Å²) < 4.78 is 5.56. The molecule has 128 valence electrons. The first-order valence-corrected chi connectivity index (χ1v) is 8.36. The summed E-state index contributed by atoms with van der Waals surface area (Å²) >= 11 is 11.8. The second kappa shape index (κ2) is 8.81. The van der Waals surface area contributed by atoms with Crippen LogP contribution in [0.1, 0.15) is 12.8 Å². The molecule has 0 fully saturated rings. The molecule has 0 aliphatic carbocycles. The van der Waals surface area contributed by atoms with Crippen LogP contribution in [0.3, 0.4) is 0 Å². The smallest absolute Gasteiger partial charge is 0.224 e. The molecule has 2 rings (SSSR count). The topological polar surface area (TPSA) is 41.6 Å². The zero-order valence-corrected chi connectivity index (χ0v) is 15.2. The molecule has 24 heavy (non-hydrogen) atoms. The van der Waals surface area contributed by atoms with E-state index in [2.05, 4.69) is 5.32 Å². The summed E-state index contributed by atoms with van der Waals surface area (Å²) in [6, 6.07) is 12.8. The van der Waals surface area contributed by atoms with Gasteiger partial charge in [-0.15, -0.1) is 0 Å². The fraction of sp³-hybridized carbons (Fsp3) is 0.278. The van der Waals surface area contributed by atoms with Crippen LogP contribution in [0.4, 0.5) is 11.4 Å². The van der Waals surface area contributed by atoms with Crippen molar-refractivity contribution >= 4 is 40.5 Å². The summed E-state index contributed by atoms with van der Waals surface area (Å²) in [7, 11) is 3.95. The fourth-order valence-corrected chi connectivity index (χ4v) is 2.54. The Bertz CT molecular complexity index is 688. The summed E-state index contributed by atoms with van der Waals surface area (Å²) in [5, 5.41) is 3.90. The van der Waals surface area contributed by atoms with Gasteiger partial charge in [0.1, 0.15) is 5.75 Å². The van der Waals surface area contributed by atoms with Crippen molar-refractivity contribution < 1.29 is 9.53 Å². The molecule has 2 aromatic carbocycles. The lowest BCUT2D eigenvalue weighted by Crippen LogP contribution is -2.13. The van der Waals surface area contributed by atoms with Crippen LogP contribution in [0, 0.1) is 0 Å². The van der Waals surface area contributed by atoms with Crippen molar-refractivity contribution in [3.63, 3.8) is 0 Å². The van der Waals surface area contributed by atoms with Crippen LogP contribution in [0.5, 0.6) is 5.75 Å². The third-order valence-corrected chi connectivity index (χ3v) is 3.90. The number of nitrogens with one attached hydrogen (secondary N) is 1. The third-order valence-electron chi connectivity index (χ3n) is 3.37. The maximum atomic E-state index is 11.9. The average Bonchev–Trinajstić information content (AvgIpc) is 2.53. The third kappa shape index (κ3) is 5.62. The minimum Gasteiger partial charge on any atom is -0.492 e. The van der Waals surface area contributed by atoms with E-state index in [0.717, 1.165) is 11.4 Å². The van der Waals surface area contributed by atoms with E-state index in [1.54, 1.807) is 18.2 Å². The van der Waals surface area contributed by atoms with Crippen molar-refractivity contribution in [2.75, 3.05) is 30.9 Å². The lowest BCUT2D eigenvalue weighted by atomic mass is 10.2. The molecule has 0 heterocycles. The molecule has 2 aromatic rings. The second-order valence-corrected chi connectivity index (χ2v) is 6.36. The highest BCUT2D eigenvalue weighted by molar-refractivity contribution is 6.35. The van der Waals surface area contributed by atoms with Gasteiger partial charge >= 0.3 is 0 Å². The number of carbonyl (C=O) groups is 1. The highest BCUT2D eigenvalue weighted by Crippen LogP contribution is 2.27. The average molecular weight is 367 g/mol. The van der Waals surface area contributed by atoms with Crippen molar-refractivity contribution in [1.82, 2.24) is 0 Å². The number of carbonyl (C=O) groups excluding carboxylic acids is 1. The number of anilines is 2. The van der Waals surface area contributed by atoms with Crippen molar-refractivity contribution in [2.45, 2.75) is 12.8 Å². The van der Waals surface area contributed by atoms with E-state index >= 15 is 0 Å². The molecule has 0 aliphatic rings. The van der Waals surface area contributed by atoms with E-state index in [1.165, 1.54) is 0 Å². The fourth-order valence-electron chi connectivity index (χ4n) is 2.07. The molecule has 0 radical (unpaired) electrons. The number of halogens is 2. The Hall–Kier alpha value is -1.91. The molecular formula is C18H20Cl2N2O2. The lowest BCUT2D eigenvalue weighted by molar-refractivity contribution is -0.116. The Kier molecular flexibility index (Phi) is 6.76. The van der Waals surface area contributed by atoms with Gasteiger partial charge in [0.05, 0.1) is 11.6 Å². The van der Waals surface area contributed by atoms with Gasteiger partial charge in [0.25, 0.3) is 0 Å². The normalized spacial score (nSPS) is 10.3. The summed E-state index contributed by atoms with van der Waals surface area (Å²) in [6.07, 6.45) is 0.973. The Balaban J connectivity index is 1.73. The summed E-state index contributed by atoms with van der Waals surface area (Å²) in [5.41, 5.74) is 1.87. The van der Waals surface area contributed by atoms with Gasteiger partial charge in [-0.1, -0.05) is 23.2 Å². The Morgan fingerprint density at radius 2 is 1.83 bits per heavy atom. The zero-order chi connectivity index (χ0) is 17.5. The van der Waals surface area contributed by atoms with Crippen LogP contribution in [-0.4, -0.2) is 26.6 Å². The number of hydrogen-bond acceptors (Lipinski definition) is 3. The van der Waals surface area contributed by atoms with Gasteiger partial charge in [0, 0.05) is 36.9 Å². The number of hydrogen-bond donors (Lipinski definition) is 1. The molecule has 1 N–H and O–H groups in total. The van der Waals surface area contributed by atoms with Crippen molar-refractivity contribution in [2.24, 2.45) is 0 Å². The lowest BCUT2D eigenvalue weighted by Gasteiger charge is -2.13. The number of amides is 1. The van der Waals surface area contributed by atoms with Crippen LogP contribution >= 0.6 is 23.2 Å². The van der Waals surface area contributed by atoms with Crippen molar-refractivity contribution in [1.29, 1.82) is 0 Å². The molecule has 6 heteroatoms. The molecular weight excluding hydrogens is 347 g/mol. The molecule has 0 saturated carbocycles. The zero-order valence-electron chi connectivity index (χ0n) is 13.7. The highest BCUT2D eigenvalue weighted by atomic mass is 35.5. The Morgan fingerprint density at radius 3 is 2.46 bits per heavy atom. The Morgan fingerprint density at radius 1 is 1.12 bits per heavy atom. The number of nitrogens with zero attached hydrogens (tertiary/aromatic N) is 1. The van der Waals surface area contributed by atoms with Gasteiger partial charge in [-0.25, -0.2) is 0 Å². The quantitative estimate of drug-likeness (QED) is 0.711. The molecule has 0 bridgehead atoms. The van der Waals surface area contributed by atoms with Gasteiger partial charge in [0.2, 0.25) is 5.91 Å². The first-order chi connectivity index (χ1) is 11.5. The van der Waals surface area contributed by atoms with E-state index in [1.807, 2.05) is 43.3 Å². The molecule has 4 nitrogen and oxygen atoms in total. The predicted molar refractivity (Wildman–Crippen MR) is 101 cm³/mol. The molecule has 0 aliphatic heterocycles. The van der Waals surface area contributed by atoms with E-state index in [-0.39, 0.29) is 5.91 Å². The predicted octanol–water partition coefficient (Wildman–Crippen LogP) is 4.86. The van der Waals surface area contributed by atoms with Crippen LogP contribution in [-0.2, 0) is 4.79 Å². The van der Waals surface area contributed by atoms with Crippen LogP contribution in [0.2, 0.25) is 10.0 Å². The molecule has 0 aromatic heterocycles. The largest absolute Gasteiger partial charge is 0.492 e. The molecule has 1 amide bonds. The van der Waals surface area contributed by atoms with E-state index < -0.39 is 0 Å². The van der Waals surface area contributed by atoms with Gasteiger partial charge in [-0.2, -0.15) is 0 Å². The van der Waals surface area contributed by atoms with Crippen LogP contribution < -0.4 is 15.0 Å². The Labute approximate surface area is 152 Å². The van der Waals surface area contributed by atoms with E-state index in [4.69, 9.17) is 27.9 Å². The highest BCUT2D eigenvalue weighted by Gasteiger charge is 2.05. The first-order valence-electron chi connectivity index (χ1n) is 7.61. The van der Waals surface area contributed by atoms with Gasteiger partial charge in [-0.05, 0) is 48.9 Å². The molecule has 0 unspecified atom stereocenters. The molecule has 0 atom stereocenters. The van der Waals surface area contributed by atoms with Crippen molar-refractivity contribution in [3.05, 3.63) is 52.5 Å². The standard InChI is InChI=1S/C18H20Cl2N2O2/c1-22(2)15-8-6-14(7-9-15)21-18(23)4-3-11-24-17-10-5-13(19)12-16(17)20/h5-10,12H,3-4,11H2,1-2H3,(H,21,23). The van der Waals surface area contributed by atoms with E-state index in [0.29, 0.717) is 35.2 Å². The van der Waals surface area contributed by atoms with Gasteiger partial charge < -0.3 is 15.0 Å². The minimum atomic E-state index is -0.0431. The number of rotatable bonds is 7.